The highest BCUT2D eigenvalue weighted by atomic mass is 14.7. The van der Waals surface area contributed by atoms with Crippen LogP contribution in [0.2, 0.25) is 0 Å². The molecule has 33 heavy (non-hydrogen) atoms. The molecule has 0 fully saturated rings. The molecule has 0 saturated carbocycles. The van der Waals surface area contributed by atoms with E-state index in [1.165, 1.54) is 54.9 Å². The topological polar surface area (TPSA) is 12.9 Å². The SMILES string of the molecule is CC(C)(C)c1ccc2cc3c(cc2c1)C(C)(C)c1c-3ccnc1-c1ccc2ccccc2c1. The Bertz CT molecular complexity index is 1560. The first-order valence-electron chi connectivity index (χ1n) is 11.8. The monoisotopic (exact) mass is 427 g/mol. The van der Waals surface area contributed by atoms with Gasteiger partial charge in [0.25, 0.3) is 0 Å². The summed E-state index contributed by atoms with van der Waals surface area (Å²) < 4.78 is 0. The molecule has 0 bridgehead atoms. The van der Waals surface area contributed by atoms with E-state index in [0.717, 1.165) is 5.69 Å². The van der Waals surface area contributed by atoms with Gasteiger partial charge in [0.15, 0.2) is 0 Å². The molecule has 4 aromatic carbocycles. The normalized spacial score (nSPS) is 14.5. The lowest BCUT2D eigenvalue weighted by atomic mass is 9.79. The summed E-state index contributed by atoms with van der Waals surface area (Å²) >= 11 is 0. The molecule has 1 aromatic heterocycles. The molecule has 1 heterocycles. The van der Waals surface area contributed by atoms with Gasteiger partial charge in [0.1, 0.15) is 0 Å². The van der Waals surface area contributed by atoms with Crippen molar-refractivity contribution in [1.82, 2.24) is 4.98 Å². The van der Waals surface area contributed by atoms with E-state index in [0.29, 0.717) is 0 Å². The Kier molecular flexibility index (Phi) is 4.14. The second-order valence-corrected chi connectivity index (χ2v) is 11.0. The van der Waals surface area contributed by atoms with Crippen molar-refractivity contribution in [3.63, 3.8) is 0 Å². The number of benzene rings is 4. The first-order chi connectivity index (χ1) is 15.7. The van der Waals surface area contributed by atoms with Crippen molar-refractivity contribution in [2.24, 2.45) is 0 Å². The predicted octanol–water partition coefficient (Wildman–Crippen LogP) is 8.66. The number of hydrogen-bond donors (Lipinski definition) is 0. The fourth-order valence-electron chi connectivity index (χ4n) is 5.51. The van der Waals surface area contributed by atoms with Crippen molar-refractivity contribution in [3.8, 4) is 22.4 Å². The van der Waals surface area contributed by atoms with E-state index in [4.69, 9.17) is 4.98 Å². The van der Waals surface area contributed by atoms with Gasteiger partial charge in [-0.25, -0.2) is 0 Å². The first-order valence-corrected chi connectivity index (χ1v) is 11.8. The van der Waals surface area contributed by atoms with E-state index in [2.05, 4.69) is 113 Å². The molecule has 162 valence electrons. The molecule has 0 spiro atoms. The van der Waals surface area contributed by atoms with Gasteiger partial charge < -0.3 is 0 Å². The van der Waals surface area contributed by atoms with Gasteiger partial charge in [0, 0.05) is 17.2 Å². The molecule has 1 aliphatic carbocycles. The number of nitrogens with zero attached hydrogens (tertiary/aromatic N) is 1. The van der Waals surface area contributed by atoms with Gasteiger partial charge in [-0.05, 0) is 79.0 Å². The molecule has 5 aromatic rings. The lowest BCUT2D eigenvalue weighted by Gasteiger charge is -2.24. The molecule has 0 aliphatic heterocycles. The van der Waals surface area contributed by atoms with Crippen molar-refractivity contribution >= 4 is 21.5 Å². The standard InChI is InChI=1S/C32H29N/c1-31(2,3)25-13-12-22-18-27-26-14-15-33-30(23-11-10-20-8-6-7-9-21(20)16-23)29(26)32(4,5)28(27)19-24(22)17-25/h6-19H,1-5H3. The summed E-state index contributed by atoms with van der Waals surface area (Å²) in [5, 5.41) is 5.14. The van der Waals surface area contributed by atoms with Gasteiger partial charge in [0.05, 0.1) is 5.69 Å². The minimum atomic E-state index is -0.119. The fourth-order valence-corrected chi connectivity index (χ4v) is 5.51. The third-order valence-corrected chi connectivity index (χ3v) is 7.41. The fraction of sp³-hybridized carbons (Fsp3) is 0.219. The number of fused-ring (bicyclic) bond motifs is 5. The summed E-state index contributed by atoms with van der Waals surface area (Å²) in [4.78, 5) is 4.92. The van der Waals surface area contributed by atoms with Crippen LogP contribution >= 0.6 is 0 Å². The highest BCUT2D eigenvalue weighted by Gasteiger charge is 2.38. The molecule has 0 unspecified atom stereocenters. The van der Waals surface area contributed by atoms with E-state index in [-0.39, 0.29) is 10.8 Å². The molecule has 0 saturated heterocycles. The molecule has 1 aliphatic rings. The number of hydrogen-bond acceptors (Lipinski definition) is 1. The van der Waals surface area contributed by atoms with Crippen LogP contribution in [0.3, 0.4) is 0 Å². The van der Waals surface area contributed by atoms with E-state index in [9.17, 15) is 0 Å². The molecular weight excluding hydrogens is 398 g/mol. The molecule has 1 nitrogen and oxygen atoms in total. The van der Waals surface area contributed by atoms with Gasteiger partial charge in [-0.15, -0.1) is 0 Å². The predicted molar refractivity (Wildman–Crippen MR) is 141 cm³/mol. The van der Waals surface area contributed by atoms with Crippen LogP contribution in [0.25, 0.3) is 43.9 Å². The lowest BCUT2D eigenvalue weighted by molar-refractivity contribution is 0.591. The maximum absolute atomic E-state index is 4.92. The molecule has 1 heteroatoms. The number of aromatic nitrogens is 1. The minimum absolute atomic E-state index is 0.119. The molecule has 0 atom stereocenters. The van der Waals surface area contributed by atoms with Crippen LogP contribution in [0.5, 0.6) is 0 Å². The Morgan fingerprint density at radius 1 is 0.667 bits per heavy atom. The molecule has 0 radical (unpaired) electrons. The molecule has 0 N–H and O–H groups in total. The third-order valence-electron chi connectivity index (χ3n) is 7.41. The van der Waals surface area contributed by atoms with Crippen LogP contribution in [0, 0.1) is 0 Å². The van der Waals surface area contributed by atoms with Crippen LogP contribution in [-0.4, -0.2) is 4.98 Å². The average Bonchev–Trinajstić information content (AvgIpc) is 3.03. The zero-order valence-electron chi connectivity index (χ0n) is 20.0. The molecule has 6 rings (SSSR count). The van der Waals surface area contributed by atoms with Crippen molar-refractivity contribution in [2.45, 2.75) is 45.4 Å². The molecular formula is C32H29N. The van der Waals surface area contributed by atoms with Gasteiger partial charge >= 0.3 is 0 Å². The Morgan fingerprint density at radius 3 is 2.18 bits per heavy atom. The lowest BCUT2D eigenvalue weighted by Crippen LogP contribution is -2.17. The smallest absolute Gasteiger partial charge is 0.0749 e. The Morgan fingerprint density at radius 2 is 1.39 bits per heavy atom. The summed E-state index contributed by atoms with van der Waals surface area (Å²) in [6, 6.07) is 29.2. The van der Waals surface area contributed by atoms with Gasteiger partial charge in [-0.3, -0.25) is 4.98 Å². The Hall–Kier alpha value is -3.45. The van der Waals surface area contributed by atoms with E-state index >= 15 is 0 Å². The summed E-state index contributed by atoms with van der Waals surface area (Å²) in [5.74, 6) is 0. The van der Waals surface area contributed by atoms with E-state index < -0.39 is 0 Å². The van der Waals surface area contributed by atoms with Crippen LogP contribution in [0.1, 0.15) is 51.3 Å². The highest BCUT2D eigenvalue weighted by Crippen LogP contribution is 2.52. The first kappa shape index (κ1) is 20.2. The quantitative estimate of drug-likeness (QED) is 0.261. The summed E-state index contributed by atoms with van der Waals surface area (Å²) in [7, 11) is 0. The average molecular weight is 428 g/mol. The maximum atomic E-state index is 4.92. The van der Waals surface area contributed by atoms with Gasteiger partial charge in [-0.1, -0.05) is 89.2 Å². The van der Waals surface area contributed by atoms with Crippen molar-refractivity contribution in [2.75, 3.05) is 0 Å². The van der Waals surface area contributed by atoms with Crippen LogP contribution in [-0.2, 0) is 10.8 Å². The van der Waals surface area contributed by atoms with Crippen LogP contribution in [0.4, 0.5) is 0 Å². The summed E-state index contributed by atoms with van der Waals surface area (Å²) in [5.41, 5.74) is 9.06. The maximum Gasteiger partial charge on any atom is 0.0749 e. The second-order valence-electron chi connectivity index (χ2n) is 11.0. The Labute approximate surface area is 196 Å². The Balaban J connectivity index is 1.58. The highest BCUT2D eigenvalue weighted by molar-refractivity contribution is 5.96. The third kappa shape index (κ3) is 3.03. The largest absolute Gasteiger partial charge is 0.256 e. The summed E-state index contributed by atoms with van der Waals surface area (Å²) in [6.45, 7) is 11.5. The van der Waals surface area contributed by atoms with E-state index in [1.54, 1.807) is 0 Å². The van der Waals surface area contributed by atoms with Gasteiger partial charge in [-0.2, -0.15) is 0 Å². The molecule has 0 amide bonds. The van der Waals surface area contributed by atoms with Gasteiger partial charge in [0.2, 0.25) is 0 Å². The second kappa shape index (κ2) is 6.78. The van der Waals surface area contributed by atoms with Crippen molar-refractivity contribution < 1.29 is 0 Å². The zero-order valence-corrected chi connectivity index (χ0v) is 20.0. The summed E-state index contributed by atoms with van der Waals surface area (Å²) in [6.07, 6.45) is 1.97. The number of rotatable bonds is 1. The van der Waals surface area contributed by atoms with Crippen LogP contribution < -0.4 is 0 Å². The van der Waals surface area contributed by atoms with Crippen molar-refractivity contribution in [1.29, 1.82) is 0 Å². The zero-order chi connectivity index (χ0) is 23.0. The number of pyridine rings is 1. The van der Waals surface area contributed by atoms with Crippen LogP contribution in [0.15, 0.2) is 85.1 Å². The van der Waals surface area contributed by atoms with E-state index in [1.807, 2.05) is 6.20 Å². The van der Waals surface area contributed by atoms with Crippen molar-refractivity contribution in [3.05, 3.63) is 102 Å². The minimum Gasteiger partial charge on any atom is -0.256 e.